The largest absolute Gasteiger partial charge is 0.481 e. The summed E-state index contributed by atoms with van der Waals surface area (Å²) in [5.74, 6) is -16.9. The zero-order valence-corrected chi connectivity index (χ0v) is 40.8. The van der Waals surface area contributed by atoms with Gasteiger partial charge in [-0.3, -0.25) is 67.1 Å². The monoisotopic (exact) mass is 1050 g/mol. The Morgan fingerprint density at radius 2 is 0.919 bits per heavy atom. The molecule has 0 radical (unpaired) electrons. The molecule has 0 heterocycles. The van der Waals surface area contributed by atoms with Gasteiger partial charge >= 0.3 is 29.8 Å². The fourth-order valence-electron chi connectivity index (χ4n) is 6.70. The minimum atomic E-state index is -1.91. The molecule has 0 spiro atoms. The zero-order chi connectivity index (χ0) is 55.9. The number of carbonyl (C=O) groups excluding carboxylic acids is 9. The number of carboxylic acids is 5. The summed E-state index contributed by atoms with van der Waals surface area (Å²) >= 11 is 0. The Morgan fingerprint density at radius 1 is 0.500 bits per heavy atom. The van der Waals surface area contributed by atoms with Crippen LogP contribution in [-0.2, 0) is 78.2 Å². The first kappa shape index (κ1) is 64.3. The van der Waals surface area contributed by atoms with Crippen molar-refractivity contribution < 1.29 is 102 Å². The summed E-state index contributed by atoms with van der Waals surface area (Å²) < 4.78 is 10.2. The van der Waals surface area contributed by atoms with Crippen LogP contribution in [0.1, 0.15) is 100 Å². The third-order valence-corrected chi connectivity index (χ3v) is 10.5. The third-order valence-electron chi connectivity index (χ3n) is 10.5. The fourth-order valence-corrected chi connectivity index (χ4v) is 6.70. The Morgan fingerprint density at radius 3 is 1.35 bits per heavy atom. The van der Waals surface area contributed by atoms with Gasteiger partial charge in [0.25, 0.3) is 0 Å². The molecule has 13 N–H and O–H groups in total. The van der Waals surface area contributed by atoms with Gasteiger partial charge in [-0.05, 0) is 51.5 Å². The van der Waals surface area contributed by atoms with E-state index in [1.807, 2.05) is 0 Å². The van der Waals surface area contributed by atoms with E-state index < -0.39 is 184 Å². The lowest BCUT2D eigenvalue weighted by Gasteiger charge is -2.27. The molecule has 0 saturated carbocycles. The van der Waals surface area contributed by atoms with E-state index in [4.69, 9.17) is 15.2 Å². The SMILES string of the molecule is CC(=O)COCCNC(=O)[C@H](Cc1ccc(C(C)=O)cc1)NC(=O)[C@@H](CCC(=O)O)NC(=O)[C@@H](CCC(=O)O)NC(=O)[C@@H](CCC(=O)O)NC(=O)[C@@H](CCC(=O)O)CC(=O)[C@@H](CCC(=O)O)NC(=O)COCCN. The van der Waals surface area contributed by atoms with Crippen LogP contribution in [0.5, 0.6) is 0 Å². The zero-order valence-electron chi connectivity index (χ0n) is 40.8. The van der Waals surface area contributed by atoms with E-state index in [-0.39, 0.29) is 50.9 Å². The highest BCUT2D eigenvalue weighted by Gasteiger charge is 2.35. The molecule has 28 nitrogen and oxygen atoms in total. The molecule has 6 atom stereocenters. The van der Waals surface area contributed by atoms with Gasteiger partial charge in [-0.25, -0.2) is 0 Å². The fraction of sp³-hybridized carbons (Fsp3) is 0.565. The number of Topliss-reactive ketones (excluding diaryl/α,β-unsaturated/α-hetero) is 3. The van der Waals surface area contributed by atoms with E-state index in [2.05, 4.69) is 31.9 Å². The first-order valence-electron chi connectivity index (χ1n) is 23.2. The van der Waals surface area contributed by atoms with E-state index in [1.54, 1.807) is 0 Å². The van der Waals surface area contributed by atoms with Crippen molar-refractivity contribution in [2.45, 2.75) is 121 Å². The molecule has 410 valence electrons. The number of ether oxygens (including phenoxy) is 2. The standard InChI is InChI=1S/C46H65N7O21/c1-25(54)23-74-20-18-48-43(69)34(21-27-3-5-28(6-4-27)26(2)55)53-46(72)33(11-16-41(66)67)52-45(71)32(10-15-40(64)65)51-44(70)31(9-14-39(62)63)50-42(68)29(7-12-37(58)59)22-35(56)30(8-13-38(60)61)49-36(57)24-73-19-17-47/h3-6,29-34H,7-24,47H2,1-2H3,(H,48,69)(H,49,57)(H,50,68)(H,51,70)(H,52,71)(H,53,72)(H,58,59)(H,60,61)(H,62,63)(H,64,65)(H,66,67)/t29-,30+,31+,32+,33+,34-/m0/s1. The Balaban J connectivity index is 3.57. The van der Waals surface area contributed by atoms with Crippen molar-refractivity contribution in [2.24, 2.45) is 11.7 Å². The molecular formula is C46H65N7O21. The van der Waals surface area contributed by atoms with Crippen LogP contribution in [0.2, 0.25) is 0 Å². The van der Waals surface area contributed by atoms with Gasteiger partial charge in [0.2, 0.25) is 35.4 Å². The molecule has 0 bridgehead atoms. The Labute approximate surface area is 423 Å². The molecule has 1 rings (SSSR count). The average molecular weight is 1050 g/mol. The molecule has 0 aromatic heterocycles. The Bertz CT molecular complexity index is 2170. The molecule has 0 aliphatic rings. The van der Waals surface area contributed by atoms with Crippen LogP contribution < -0.4 is 37.6 Å². The van der Waals surface area contributed by atoms with E-state index >= 15 is 0 Å². The molecule has 1 aromatic carbocycles. The number of carbonyl (C=O) groups is 14. The van der Waals surface area contributed by atoms with Gasteiger partial charge in [0.15, 0.2) is 17.3 Å². The van der Waals surface area contributed by atoms with Crippen molar-refractivity contribution in [1.29, 1.82) is 0 Å². The molecule has 74 heavy (non-hydrogen) atoms. The van der Waals surface area contributed by atoms with E-state index in [1.165, 1.54) is 38.1 Å². The van der Waals surface area contributed by atoms with Crippen LogP contribution in [0.3, 0.4) is 0 Å². The molecule has 0 aliphatic carbocycles. The van der Waals surface area contributed by atoms with Gasteiger partial charge in [0.1, 0.15) is 37.4 Å². The number of benzene rings is 1. The second kappa shape index (κ2) is 34.6. The first-order chi connectivity index (χ1) is 34.8. The number of amides is 6. The Kier molecular flexibility index (Phi) is 30.1. The number of carboxylic acid groups (broad SMARTS) is 5. The van der Waals surface area contributed by atoms with Crippen LogP contribution in [0.25, 0.3) is 0 Å². The van der Waals surface area contributed by atoms with E-state index in [0.717, 1.165) is 0 Å². The molecule has 0 aliphatic heterocycles. The van der Waals surface area contributed by atoms with Gasteiger partial charge in [-0.2, -0.15) is 0 Å². The highest BCUT2D eigenvalue weighted by Crippen LogP contribution is 2.17. The molecule has 28 heteroatoms. The van der Waals surface area contributed by atoms with Crippen molar-refractivity contribution >= 4 is 82.6 Å². The smallest absolute Gasteiger partial charge is 0.303 e. The summed E-state index contributed by atoms with van der Waals surface area (Å²) in [5, 5.41) is 61.1. The van der Waals surface area contributed by atoms with Gasteiger partial charge in [-0.15, -0.1) is 0 Å². The number of hydrogen-bond acceptors (Lipinski definition) is 17. The lowest BCUT2D eigenvalue weighted by Crippen LogP contribution is -2.59. The summed E-state index contributed by atoms with van der Waals surface area (Å²) in [7, 11) is 0. The summed E-state index contributed by atoms with van der Waals surface area (Å²) in [5.41, 5.74) is 6.10. The number of rotatable bonds is 40. The Hall–Kier alpha value is -7.72. The molecule has 0 unspecified atom stereocenters. The molecular weight excluding hydrogens is 987 g/mol. The summed E-state index contributed by atoms with van der Waals surface area (Å²) in [4.78, 5) is 176. The van der Waals surface area contributed by atoms with Gasteiger partial charge < -0.3 is 72.6 Å². The first-order valence-corrected chi connectivity index (χ1v) is 23.2. The highest BCUT2D eigenvalue weighted by atomic mass is 16.5. The maximum atomic E-state index is 14.0. The molecule has 1 aromatic rings. The average Bonchev–Trinajstić information content (AvgIpc) is 3.31. The van der Waals surface area contributed by atoms with Crippen molar-refractivity contribution in [3.05, 3.63) is 35.4 Å². The number of nitrogens with one attached hydrogen (secondary N) is 6. The minimum Gasteiger partial charge on any atom is -0.481 e. The van der Waals surface area contributed by atoms with E-state index in [9.17, 15) is 92.7 Å². The lowest BCUT2D eigenvalue weighted by molar-refractivity contribution is -0.141. The van der Waals surface area contributed by atoms with Crippen LogP contribution in [0.15, 0.2) is 24.3 Å². The third kappa shape index (κ3) is 27.8. The summed E-state index contributed by atoms with van der Waals surface area (Å²) in [6, 6.07) is -2.62. The van der Waals surface area contributed by atoms with Gasteiger partial charge in [-0.1, -0.05) is 24.3 Å². The van der Waals surface area contributed by atoms with Gasteiger partial charge in [0, 0.05) is 69.5 Å². The molecule has 0 fully saturated rings. The van der Waals surface area contributed by atoms with Crippen molar-refractivity contribution in [3.8, 4) is 0 Å². The number of aliphatic carboxylic acids is 5. The predicted octanol–water partition coefficient (Wildman–Crippen LogP) is -2.55. The van der Waals surface area contributed by atoms with Crippen LogP contribution in [0, 0.1) is 5.92 Å². The molecule has 0 saturated heterocycles. The normalized spacial score (nSPS) is 13.2. The van der Waals surface area contributed by atoms with Crippen molar-refractivity contribution in [1.82, 2.24) is 31.9 Å². The topological polar surface area (TPSA) is 457 Å². The van der Waals surface area contributed by atoms with Crippen LogP contribution in [-0.4, -0.2) is 178 Å². The van der Waals surface area contributed by atoms with Crippen LogP contribution in [0.4, 0.5) is 0 Å². The van der Waals surface area contributed by atoms with Crippen molar-refractivity contribution in [2.75, 3.05) is 39.5 Å². The second-order valence-electron chi connectivity index (χ2n) is 16.7. The minimum absolute atomic E-state index is 0.0421. The maximum absolute atomic E-state index is 14.0. The van der Waals surface area contributed by atoms with Gasteiger partial charge in [0.05, 0.1) is 19.3 Å². The predicted molar refractivity (Wildman–Crippen MR) is 252 cm³/mol. The number of ketones is 3. The lowest BCUT2D eigenvalue weighted by atomic mass is 9.91. The van der Waals surface area contributed by atoms with Crippen LogP contribution >= 0.6 is 0 Å². The van der Waals surface area contributed by atoms with Crippen molar-refractivity contribution in [3.63, 3.8) is 0 Å². The maximum Gasteiger partial charge on any atom is 0.303 e. The molecule has 6 amide bonds. The highest BCUT2D eigenvalue weighted by molar-refractivity contribution is 5.98. The number of hydrogen-bond donors (Lipinski definition) is 12. The second-order valence-corrected chi connectivity index (χ2v) is 16.7. The quantitative estimate of drug-likeness (QED) is 0.0238. The number of nitrogens with two attached hydrogens (primary N) is 1. The van der Waals surface area contributed by atoms with E-state index in [0.29, 0.717) is 11.1 Å². The summed E-state index contributed by atoms with van der Waals surface area (Å²) in [6.45, 7) is 1.52. The summed E-state index contributed by atoms with van der Waals surface area (Å²) in [6.07, 6.45) is -7.95.